The standard InChI is InChI=1S/C11H18N2OS/c1-2-14-9-4-5-10(13)11(8-9)15-7-3-6-12/h4-5,8H,2-3,6-7,12-13H2,1H3. The van der Waals surface area contributed by atoms with Gasteiger partial charge in [-0.3, -0.25) is 0 Å². The summed E-state index contributed by atoms with van der Waals surface area (Å²) in [5, 5.41) is 0. The van der Waals surface area contributed by atoms with Gasteiger partial charge in [0.1, 0.15) is 5.75 Å². The molecular formula is C11H18N2OS. The Morgan fingerprint density at radius 2 is 2.20 bits per heavy atom. The van der Waals surface area contributed by atoms with Crippen LogP contribution in [0.4, 0.5) is 5.69 Å². The summed E-state index contributed by atoms with van der Waals surface area (Å²) in [6.07, 6.45) is 1.00. The first-order valence-electron chi connectivity index (χ1n) is 5.13. The Bertz CT molecular complexity index is 305. The summed E-state index contributed by atoms with van der Waals surface area (Å²) in [4.78, 5) is 1.08. The van der Waals surface area contributed by atoms with Gasteiger partial charge in [0.25, 0.3) is 0 Å². The van der Waals surface area contributed by atoms with Crippen LogP contribution in [0.15, 0.2) is 23.1 Å². The second-order valence-electron chi connectivity index (χ2n) is 3.12. The molecule has 0 heterocycles. The van der Waals surface area contributed by atoms with E-state index in [1.165, 1.54) is 0 Å². The third-order valence-corrected chi connectivity index (χ3v) is 3.06. The highest BCUT2D eigenvalue weighted by Crippen LogP contribution is 2.29. The molecule has 0 bridgehead atoms. The fourth-order valence-corrected chi connectivity index (χ4v) is 2.13. The zero-order valence-electron chi connectivity index (χ0n) is 9.03. The Balaban J connectivity index is 2.63. The lowest BCUT2D eigenvalue weighted by atomic mass is 10.3. The van der Waals surface area contributed by atoms with Crippen molar-refractivity contribution < 1.29 is 4.74 Å². The van der Waals surface area contributed by atoms with Crippen molar-refractivity contribution in [2.75, 3.05) is 24.6 Å². The highest BCUT2D eigenvalue weighted by molar-refractivity contribution is 7.99. The van der Waals surface area contributed by atoms with Crippen LogP contribution in [-0.4, -0.2) is 18.9 Å². The van der Waals surface area contributed by atoms with Crippen LogP contribution < -0.4 is 16.2 Å². The number of thioether (sulfide) groups is 1. The summed E-state index contributed by atoms with van der Waals surface area (Å²) < 4.78 is 5.41. The molecular weight excluding hydrogens is 208 g/mol. The predicted octanol–water partition coefficient (Wildman–Crippen LogP) is 2.11. The summed E-state index contributed by atoms with van der Waals surface area (Å²) in [5.41, 5.74) is 12.1. The molecule has 15 heavy (non-hydrogen) atoms. The minimum Gasteiger partial charge on any atom is -0.494 e. The van der Waals surface area contributed by atoms with Gasteiger partial charge in [0.05, 0.1) is 6.61 Å². The fourth-order valence-electron chi connectivity index (χ4n) is 1.16. The molecule has 0 atom stereocenters. The molecule has 0 fully saturated rings. The summed E-state index contributed by atoms with van der Waals surface area (Å²) >= 11 is 1.73. The van der Waals surface area contributed by atoms with Gasteiger partial charge in [-0.25, -0.2) is 0 Å². The van der Waals surface area contributed by atoms with Gasteiger partial charge in [-0.05, 0) is 43.8 Å². The van der Waals surface area contributed by atoms with Crippen LogP contribution in [-0.2, 0) is 0 Å². The molecule has 4 heteroatoms. The van der Waals surface area contributed by atoms with Gasteiger partial charge in [0.15, 0.2) is 0 Å². The van der Waals surface area contributed by atoms with Crippen molar-refractivity contribution in [3.63, 3.8) is 0 Å². The van der Waals surface area contributed by atoms with Gasteiger partial charge in [0, 0.05) is 10.6 Å². The second kappa shape index (κ2) is 6.58. The van der Waals surface area contributed by atoms with E-state index in [2.05, 4.69) is 0 Å². The summed E-state index contributed by atoms with van der Waals surface area (Å²) in [6, 6.07) is 5.77. The normalized spacial score (nSPS) is 10.3. The maximum absolute atomic E-state index is 5.86. The molecule has 1 aromatic rings. The van der Waals surface area contributed by atoms with E-state index < -0.39 is 0 Å². The minimum absolute atomic E-state index is 0.677. The average Bonchev–Trinajstić information content (AvgIpc) is 2.23. The third-order valence-electron chi connectivity index (χ3n) is 1.90. The zero-order valence-corrected chi connectivity index (χ0v) is 9.85. The van der Waals surface area contributed by atoms with Gasteiger partial charge >= 0.3 is 0 Å². The first-order valence-corrected chi connectivity index (χ1v) is 6.11. The van der Waals surface area contributed by atoms with E-state index in [4.69, 9.17) is 16.2 Å². The molecule has 3 nitrogen and oxygen atoms in total. The van der Waals surface area contributed by atoms with E-state index >= 15 is 0 Å². The largest absolute Gasteiger partial charge is 0.494 e. The van der Waals surface area contributed by atoms with Crippen LogP contribution in [0.1, 0.15) is 13.3 Å². The number of hydrogen-bond donors (Lipinski definition) is 2. The van der Waals surface area contributed by atoms with Crippen LogP contribution in [0.3, 0.4) is 0 Å². The van der Waals surface area contributed by atoms with Crippen LogP contribution in [0.2, 0.25) is 0 Å². The predicted molar refractivity (Wildman–Crippen MR) is 66.4 cm³/mol. The van der Waals surface area contributed by atoms with E-state index in [-0.39, 0.29) is 0 Å². The summed E-state index contributed by atoms with van der Waals surface area (Å²) in [6.45, 7) is 3.37. The van der Waals surface area contributed by atoms with E-state index in [1.54, 1.807) is 11.8 Å². The van der Waals surface area contributed by atoms with Gasteiger partial charge in [0.2, 0.25) is 0 Å². The van der Waals surface area contributed by atoms with E-state index in [0.29, 0.717) is 6.61 Å². The molecule has 0 saturated heterocycles. The monoisotopic (exact) mass is 226 g/mol. The Morgan fingerprint density at radius 3 is 2.87 bits per heavy atom. The van der Waals surface area contributed by atoms with Gasteiger partial charge in [-0.2, -0.15) is 0 Å². The first kappa shape index (κ1) is 12.2. The van der Waals surface area contributed by atoms with E-state index in [9.17, 15) is 0 Å². The molecule has 1 rings (SSSR count). The summed E-state index contributed by atoms with van der Waals surface area (Å²) in [5.74, 6) is 1.87. The summed E-state index contributed by atoms with van der Waals surface area (Å²) in [7, 11) is 0. The maximum Gasteiger partial charge on any atom is 0.120 e. The van der Waals surface area contributed by atoms with Crippen LogP contribution in [0, 0.1) is 0 Å². The smallest absolute Gasteiger partial charge is 0.120 e. The number of hydrogen-bond acceptors (Lipinski definition) is 4. The number of benzene rings is 1. The number of anilines is 1. The molecule has 1 aromatic carbocycles. The van der Waals surface area contributed by atoms with E-state index in [0.717, 1.165) is 35.1 Å². The molecule has 0 amide bonds. The van der Waals surface area contributed by atoms with Crippen LogP contribution in [0.5, 0.6) is 5.75 Å². The Morgan fingerprint density at radius 1 is 1.40 bits per heavy atom. The molecule has 84 valence electrons. The molecule has 0 saturated carbocycles. The molecule has 0 aliphatic carbocycles. The van der Waals surface area contributed by atoms with Crippen molar-refractivity contribution in [1.82, 2.24) is 0 Å². The molecule has 4 N–H and O–H groups in total. The van der Waals surface area contributed by atoms with Crippen molar-refractivity contribution in [3.8, 4) is 5.75 Å². The number of nitrogens with two attached hydrogens (primary N) is 2. The lowest BCUT2D eigenvalue weighted by Gasteiger charge is -2.08. The quantitative estimate of drug-likeness (QED) is 0.443. The molecule has 0 aromatic heterocycles. The average molecular weight is 226 g/mol. The SMILES string of the molecule is CCOc1ccc(N)c(SCCCN)c1. The van der Waals surface area contributed by atoms with E-state index in [1.807, 2.05) is 25.1 Å². The highest BCUT2D eigenvalue weighted by Gasteiger charge is 2.02. The Hall–Kier alpha value is -0.870. The van der Waals surface area contributed by atoms with Crippen molar-refractivity contribution in [2.45, 2.75) is 18.2 Å². The molecule has 0 spiro atoms. The topological polar surface area (TPSA) is 61.3 Å². The Kier molecular flexibility index (Phi) is 5.36. The first-order chi connectivity index (χ1) is 7.27. The van der Waals surface area contributed by atoms with Gasteiger partial charge < -0.3 is 16.2 Å². The van der Waals surface area contributed by atoms with Gasteiger partial charge in [-0.15, -0.1) is 11.8 Å². The maximum atomic E-state index is 5.86. The number of ether oxygens (including phenoxy) is 1. The molecule has 0 unspecified atom stereocenters. The van der Waals surface area contributed by atoms with Crippen molar-refractivity contribution in [1.29, 1.82) is 0 Å². The minimum atomic E-state index is 0.677. The van der Waals surface area contributed by atoms with Crippen molar-refractivity contribution in [2.24, 2.45) is 5.73 Å². The lowest BCUT2D eigenvalue weighted by Crippen LogP contribution is -2.00. The zero-order chi connectivity index (χ0) is 11.1. The number of rotatable bonds is 6. The van der Waals surface area contributed by atoms with Crippen molar-refractivity contribution >= 4 is 17.4 Å². The van der Waals surface area contributed by atoms with Crippen LogP contribution >= 0.6 is 11.8 Å². The van der Waals surface area contributed by atoms with Gasteiger partial charge in [-0.1, -0.05) is 0 Å². The van der Waals surface area contributed by atoms with Crippen LogP contribution in [0.25, 0.3) is 0 Å². The highest BCUT2D eigenvalue weighted by atomic mass is 32.2. The lowest BCUT2D eigenvalue weighted by molar-refractivity contribution is 0.339. The molecule has 0 aliphatic heterocycles. The van der Waals surface area contributed by atoms with Crippen molar-refractivity contribution in [3.05, 3.63) is 18.2 Å². The molecule has 0 aliphatic rings. The second-order valence-corrected chi connectivity index (χ2v) is 4.26. The fraction of sp³-hybridized carbons (Fsp3) is 0.455. The third kappa shape index (κ3) is 4.01. The Labute approximate surface area is 95.2 Å². The molecule has 0 radical (unpaired) electrons. The number of nitrogen functional groups attached to an aromatic ring is 1.